The number of aromatic amines is 1. The third kappa shape index (κ3) is 2.73. The third-order valence-electron chi connectivity index (χ3n) is 5.40. The number of nitrogens with two attached hydrogens (primary N) is 1. The molecule has 5 nitrogen and oxygen atoms in total. The molecule has 0 amide bonds. The lowest BCUT2D eigenvalue weighted by atomic mass is 10.0. The summed E-state index contributed by atoms with van der Waals surface area (Å²) in [4.78, 5) is 15.4. The molecule has 132 valence electrons. The largest absolute Gasteiger partial charge is 0.342 e. The quantitative estimate of drug-likeness (QED) is 0.758. The summed E-state index contributed by atoms with van der Waals surface area (Å²) in [6.45, 7) is 0.617. The minimum Gasteiger partial charge on any atom is -0.342 e. The second-order valence-corrected chi connectivity index (χ2v) is 6.99. The van der Waals surface area contributed by atoms with Crippen molar-refractivity contribution in [1.29, 1.82) is 5.26 Å². The van der Waals surface area contributed by atoms with Crippen molar-refractivity contribution in [1.82, 2.24) is 9.55 Å². The molecule has 26 heavy (non-hydrogen) atoms. The van der Waals surface area contributed by atoms with Gasteiger partial charge in [-0.1, -0.05) is 37.1 Å². The van der Waals surface area contributed by atoms with Gasteiger partial charge in [-0.25, -0.2) is 0 Å². The lowest BCUT2D eigenvalue weighted by Gasteiger charge is -2.13. The molecule has 1 aliphatic carbocycles. The molecule has 5 heteroatoms. The van der Waals surface area contributed by atoms with Gasteiger partial charge < -0.3 is 15.3 Å². The van der Waals surface area contributed by atoms with E-state index in [2.05, 4.69) is 33.9 Å². The molecule has 0 atom stereocenters. The number of H-pyrrole nitrogens is 1. The first-order chi connectivity index (χ1) is 12.7. The molecule has 2 heterocycles. The van der Waals surface area contributed by atoms with Crippen LogP contribution in [0.3, 0.4) is 0 Å². The minimum absolute atomic E-state index is 0.142. The van der Waals surface area contributed by atoms with Gasteiger partial charge in [0.15, 0.2) is 0 Å². The summed E-state index contributed by atoms with van der Waals surface area (Å²) in [7, 11) is 0. The summed E-state index contributed by atoms with van der Waals surface area (Å²) in [5.74, 6) is 0. The zero-order valence-corrected chi connectivity index (χ0v) is 14.7. The molecule has 0 saturated heterocycles. The molecule has 3 N–H and O–H groups in total. The van der Waals surface area contributed by atoms with E-state index < -0.39 is 0 Å². The number of fused-ring (bicyclic) bond motifs is 1. The lowest BCUT2D eigenvalue weighted by molar-refractivity contribution is 0.535. The van der Waals surface area contributed by atoms with Crippen LogP contribution in [0.15, 0.2) is 41.5 Å². The minimum atomic E-state index is -0.142. The van der Waals surface area contributed by atoms with Gasteiger partial charge in [0.25, 0.3) is 5.56 Å². The number of hydrogen-bond donors (Lipinski definition) is 2. The molecule has 0 spiro atoms. The van der Waals surface area contributed by atoms with Crippen LogP contribution in [0.25, 0.3) is 22.0 Å². The first kappa shape index (κ1) is 16.6. The van der Waals surface area contributed by atoms with Crippen molar-refractivity contribution in [2.45, 2.75) is 38.1 Å². The van der Waals surface area contributed by atoms with Crippen LogP contribution in [0.2, 0.25) is 0 Å². The molecule has 4 rings (SSSR count). The Bertz CT molecular complexity index is 1030. The van der Waals surface area contributed by atoms with Gasteiger partial charge in [-0.2, -0.15) is 5.26 Å². The van der Waals surface area contributed by atoms with E-state index in [0.29, 0.717) is 23.5 Å². The number of nitrogens with zero attached hydrogens (tertiary/aromatic N) is 2. The number of benzene rings is 1. The summed E-state index contributed by atoms with van der Waals surface area (Å²) < 4.78 is 2.17. The van der Waals surface area contributed by atoms with Crippen molar-refractivity contribution in [2.24, 2.45) is 5.73 Å². The fourth-order valence-electron chi connectivity index (χ4n) is 4.10. The average molecular weight is 346 g/mol. The number of pyridine rings is 1. The van der Waals surface area contributed by atoms with Crippen molar-refractivity contribution < 1.29 is 0 Å². The maximum absolute atomic E-state index is 12.6. The second-order valence-electron chi connectivity index (χ2n) is 6.99. The summed E-state index contributed by atoms with van der Waals surface area (Å²) >= 11 is 0. The summed E-state index contributed by atoms with van der Waals surface area (Å²) in [6, 6.07) is 10.8. The molecule has 0 aliphatic heterocycles. The maximum Gasteiger partial charge on any atom is 0.258 e. The number of nitrogens with one attached hydrogen (secondary N) is 1. The SMILES string of the molecule is N#Cc1c[nH]c(=O)c2c(-c3ccc(CCN)cc3)cn(C3CCCC3)c12. The molecule has 1 aromatic carbocycles. The summed E-state index contributed by atoms with van der Waals surface area (Å²) in [6.07, 6.45) is 9.01. The number of nitriles is 1. The van der Waals surface area contributed by atoms with Crippen LogP contribution in [0.5, 0.6) is 0 Å². The van der Waals surface area contributed by atoms with Crippen molar-refractivity contribution in [3.8, 4) is 17.2 Å². The first-order valence-corrected chi connectivity index (χ1v) is 9.18. The highest BCUT2D eigenvalue weighted by Crippen LogP contribution is 2.37. The Morgan fingerprint density at radius 3 is 2.62 bits per heavy atom. The van der Waals surface area contributed by atoms with Gasteiger partial charge in [-0.3, -0.25) is 4.79 Å². The van der Waals surface area contributed by atoms with E-state index >= 15 is 0 Å². The first-order valence-electron chi connectivity index (χ1n) is 9.18. The Morgan fingerprint density at radius 1 is 1.23 bits per heavy atom. The van der Waals surface area contributed by atoms with E-state index in [4.69, 9.17) is 5.73 Å². The Labute approximate surface area is 152 Å². The monoisotopic (exact) mass is 346 g/mol. The molecule has 0 unspecified atom stereocenters. The molecule has 1 fully saturated rings. The number of rotatable bonds is 4. The smallest absolute Gasteiger partial charge is 0.258 e. The standard InChI is InChI=1S/C21H22N4O/c22-10-9-14-5-7-15(8-6-14)18-13-25(17-3-1-2-4-17)20-16(11-23)12-24-21(26)19(18)20/h5-8,12-13,17H,1-4,9-10,22H2,(H,24,26). The van der Waals surface area contributed by atoms with Gasteiger partial charge in [0, 0.05) is 24.0 Å². The number of hydrogen-bond acceptors (Lipinski definition) is 3. The third-order valence-corrected chi connectivity index (χ3v) is 5.40. The van der Waals surface area contributed by atoms with Gasteiger partial charge in [0.2, 0.25) is 0 Å². The highest BCUT2D eigenvalue weighted by molar-refractivity contribution is 5.98. The van der Waals surface area contributed by atoms with Crippen LogP contribution in [-0.4, -0.2) is 16.1 Å². The fourth-order valence-corrected chi connectivity index (χ4v) is 4.10. The Balaban J connectivity index is 1.95. The molecule has 1 aliphatic rings. The van der Waals surface area contributed by atoms with Crippen molar-refractivity contribution in [3.63, 3.8) is 0 Å². The zero-order chi connectivity index (χ0) is 18.1. The normalized spacial score (nSPS) is 14.8. The summed E-state index contributed by atoms with van der Waals surface area (Å²) in [5, 5.41) is 10.2. The van der Waals surface area contributed by atoms with Crippen LogP contribution >= 0.6 is 0 Å². The Morgan fingerprint density at radius 2 is 1.96 bits per heavy atom. The topological polar surface area (TPSA) is 87.6 Å². The van der Waals surface area contributed by atoms with E-state index in [1.165, 1.54) is 24.6 Å². The molecule has 3 aromatic rings. The van der Waals surface area contributed by atoms with Crippen molar-refractivity contribution in [3.05, 3.63) is 58.1 Å². The predicted octanol–water partition coefficient (Wildman–Crippen LogP) is 3.48. The Kier molecular flexibility index (Phi) is 4.36. The van der Waals surface area contributed by atoms with Crippen LogP contribution < -0.4 is 11.3 Å². The van der Waals surface area contributed by atoms with Crippen LogP contribution in [0, 0.1) is 11.3 Å². The van der Waals surface area contributed by atoms with Gasteiger partial charge in [0.05, 0.1) is 16.5 Å². The van der Waals surface area contributed by atoms with Crippen LogP contribution in [0.4, 0.5) is 0 Å². The molecule has 0 bridgehead atoms. The summed E-state index contributed by atoms with van der Waals surface area (Å²) in [5.41, 5.74) is 9.85. The second kappa shape index (κ2) is 6.81. The van der Waals surface area contributed by atoms with Crippen LogP contribution in [0.1, 0.15) is 42.9 Å². The number of aromatic nitrogens is 2. The van der Waals surface area contributed by atoms with E-state index in [0.717, 1.165) is 35.9 Å². The molecule has 1 saturated carbocycles. The zero-order valence-electron chi connectivity index (χ0n) is 14.7. The van der Waals surface area contributed by atoms with E-state index in [1.807, 2.05) is 12.1 Å². The maximum atomic E-state index is 12.6. The van der Waals surface area contributed by atoms with Gasteiger partial charge >= 0.3 is 0 Å². The van der Waals surface area contributed by atoms with Gasteiger partial charge in [-0.05, 0) is 36.9 Å². The van der Waals surface area contributed by atoms with Gasteiger partial charge in [0.1, 0.15) is 6.07 Å². The fraction of sp³-hybridized carbons (Fsp3) is 0.333. The average Bonchev–Trinajstić information content (AvgIpc) is 3.31. The molecule has 0 radical (unpaired) electrons. The molecule has 2 aromatic heterocycles. The van der Waals surface area contributed by atoms with E-state index in [9.17, 15) is 10.1 Å². The van der Waals surface area contributed by atoms with Gasteiger partial charge in [-0.15, -0.1) is 0 Å². The van der Waals surface area contributed by atoms with E-state index in [-0.39, 0.29) is 5.56 Å². The lowest BCUT2D eigenvalue weighted by Crippen LogP contribution is -2.09. The predicted molar refractivity (Wildman–Crippen MR) is 103 cm³/mol. The Hall–Kier alpha value is -2.84. The highest BCUT2D eigenvalue weighted by atomic mass is 16.1. The van der Waals surface area contributed by atoms with Crippen LogP contribution in [-0.2, 0) is 6.42 Å². The van der Waals surface area contributed by atoms with Crippen molar-refractivity contribution >= 4 is 10.9 Å². The molecular formula is C21H22N4O. The highest BCUT2D eigenvalue weighted by Gasteiger charge is 2.24. The van der Waals surface area contributed by atoms with Crippen molar-refractivity contribution in [2.75, 3.05) is 6.54 Å². The molecular weight excluding hydrogens is 324 g/mol. The van der Waals surface area contributed by atoms with E-state index in [1.54, 1.807) is 0 Å².